The molecule has 0 aliphatic rings. The standard InChI is InChI=1S/C11H19N3O/c1-4-15-11(2,3)10(13)8-7-14-6-5-9(8)12/h5-7,10H,4,13H2,1-3H3,(H2,12,14). The van der Waals surface area contributed by atoms with E-state index in [1.54, 1.807) is 18.5 Å². The van der Waals surface area contributed by atoms with Gasteiger partial charge in [-0.25, -0.2) is 0 Å². The van der Waals surface area contributed by atoms with E-state index in [0.717, 1.165) is 5.56 Å². The van der Waals surface area contributed by atoms with Gasteiger partial charge in [-0.2, -0.15) is 0 Å². The molecule has 15 heavy (non-hydrogen) atoms. The Morgan fingerprint density at radius 1 is 1.53 bits per heavy atom. The maximum Gasteiger partial charge on any atom is 0.0819 e. The Morgan fingerprint density at radius 2 is 2.20 bits per heavy atom. The number of hydrogen-bond donors (Lipinski definition) is 2. The fourth-order valence-corrected chi connectivity index (χ4v) is 1.51. The van der Waals surface area contributed by atoms with Gasteiger partial charge in [0.05, 0.1) is 11.6 Å². The Hall–Kier alpha value is -1.13. The molecule has 4 N–H and O–H groups in total. The molecule has 1 atom stereocenters. The fourth-order valence-electron chi connectivity index (χ4n) is 1.51. The van der Waals surface area contributed by atoms with Gasteiger partial charge in [0.1, 0.15) is 0 Å². The summed E-state index contributed by atoms with van der Waals surface area (Å²) in [5.41, 5.74) is 13.0. The van der Waals surface area contributed by atoms with Gasteiger partial charge in [0.25, 0.3) is 0 Å². The molecule has 0 aliphatic heterocycles. The van der Waals surface area contributed by atoms with Crippen LogP contribution in [0.4, 0.5) is 5.69 Å². The first-order valence-corrected chi connectivity index (χ1v) is 5.08. The highest BCUT2D eigenvalue weighted by Gasteiger charge is 2.29. The highest BCUT2D eigenvalue weighted by molar-refractivity contribution is 5.46. The SMILES string of the molecule is CCOC(C)(C)C(N)c1cnccc1N. The third-order valence-electron chi connectivity index (χ3n) is 2.49. The average Bonchev–Trinajstić information content (AvgIpc) is 2.17. The first-order chi connectivity index (χ1) is 6.99. The Labute approximate surface area is 90.6 Å². The van der Waals surface area contributed by atoms with Crippen molar-refractivity contribution in [1.29, 1.82) is 0 Å². The molecule has 1 aromatic heterocycles. The van der Waals surface area contributed by atoms with Crippen molar-refractivity contribution >= 4 is 5.69 Å². The van der Waals surface area contributed by atoms with Gasteiger partial charge in [0.2, 0.25) is 0 Å². The number of pyridine rings is 1. The Balaban J connectivity index is 2.93. The number of nitrogens with zero attached hydrogens (tertiary/aromatic N) is 1. The van der Waals surface area contributed by atoms with Crippen LogP contribution in [0.15, 0.2) is 18.5 Å². The number of nitrogens with two attached hydrogens (primary N) is 2. The minimum absolute atomic E-state index is 0.272. The molecule has 0 saturated heterocycles. The quantitative estimate of drug-likeness (QED) is 0.787. The summed E-state index contributed by atoms with van der Waals surface area (Å²) in [5.74, 6) is 0. The molecule has 1 heterocycles. The van der Waals surface area contributed by atoms with Crippen LogP contribution in [-0.4, -0.2) is 17.2 Å². The molecule has 0 aromatic carbocycles. The zero-order valence-corrected chi connectivity index (χ0v) is 9.53. The van der Waals surface area contributed by atoms with Gasteiger partial charge in [-0.05, 0) is 26.8 Å². The summed E-state index contributed by atoms with van der Waals surface area (Å²) in [6.07, 6.45) is 3.35. The van der Waals surface area contributed by atoms with E-state index < -0.39 is 5.60 Å². The first-order valence-electron chi connectivity index (χ1n) is 5.08. The molecule has 1 rings (SSSR count). The highest BCUT2D eigenvalue weighted by Crippen LogP contribution is 2.29. The molecule has 0 saturated carbocycles. The normalized spacial score (nSPS) is 13.9. The maximum atomic E-state index is 6.11. The van der Waals surface area contributed by atoms with Crippen LogP contribution in [0.1, 0.15) is 32.4 Å². The second-order valence-corrected chi connectivity index (χ2v) is 4.02. The van der Waals surface area contributed by atoms with E-state index in [1.807, 2.05) is 20.8 Å². The van der Waals surface area contributed by atoms with Crippen molar-refractivity contribution in [3.63, 3.8) is 0 Å². The molecule has 4 heteroatoms. The van der Waals surface area contributed by atoms with Crippen LogP contribution in [0.2, 0.25) is 0 Å². The summed E-state index contributed by atoms with van der Waals surface area (Å²) in [6, 6.07) is 1.48. The van der Waals surface area contributed by atoms with Crippen molar-refractivity contribution in [3.8, 4) is 0 Å². The molecular formula is C11H19N3O. The summed E-state index contributed by atoms with van der Waals surface area (Å²) in [7, 11) is 0. The molecule has 4 nitrogen and oxygen atoms in total. The second kappa shape index (κ2) is 4.59. The van der Waals surface area contributed by atoms with Gasteiger partial charge in [0, 0.05) is 30.3 Å². The average molecular weight is 209 g/mol. The van der Waals surface area contributed by atoms with Crippen LogP contribution in [-0.2, 0) is 4.74 Å². The molecule has 84 valence electrons. The van der Waals surface area contributed by atoms with E-state index in [1.165, 1.54) is 0 Å². The van der Waals surface area contributed by atoms with Gasteiger partial charge >= 0.3 is 0 Å². The Bertz CT molecular complexity index is 325. The van der Waals surface area contributed by atoms with Crippen LogP contribution in [0.25, 0.3) is 0 Å². The maximum absolute atomic E-state index is 6.11. The Kier molecular flexibility index (Phi) is 3.66. The fraction of sp³-hybridized carbons (Fsp3) is 0.545. The van der Waals surface area contributed by atoms with Crippen LogP contribution >= 0.6 is 0 Å². The summed E-state index contributed by atoms with van der Waals surface area (Å²) in [5, 5.41) is 0. The molecule has 0 radical (unpaired) electrons. The third-order valence-corrected chi connectivity index (χ3v) is 2.49. The molecule has 0 fully saturated rings. The molecule has 0 aliphatic carbocycles. The van der Waals surface area contributed by atoms with Crippen molar-refractivity contribution in [3.05, 3.63) is 24.0 Å². The van der Waals surface area contributed by atoms with Gasteiger partial charge in [-0.1, -0.05) is 0 Å². The van der Waals surface area contributed by atoms with E-state index in [-0.39, 0.29) is 6.04 Å². The van der Waals surface area contributed by atoms with E-state index in [0.29, 0.717) is 12.3 Å². The monoisotopic (exact) mass is 209 g/mol. The lowest BCUT2D eigenvalue weighted by Crippen LogP contribution is -2.38. The molecule has 1 aromatic rings. The van der Waals surface area contributed by atoms with E-state index in [2.05, 4.69) is 4.98 Å². The van der Waals surface area contributed by atoms with Gasteiger partial charge in [-0.15, -0.1) is 0 Å². The van der Waals surface area contributed by atoms with Gasteiger partial charge in [-0.3, -0.25) is 4.98 Å². The summed E-state index contributed by atoms with van der Waals surface area (Å²) < 4.78 is 5.59. The molecule has 0 bridgehead atoms. The summed E-state index contributed by atoms with van der Waals surface area (Å²) in [4.78, 5) is 4.02. The topological polar surface area (TPSA) is 74.2 Å². The molecule has 1 unspecified atom stereocenters. The van der Waals surface area contributed by atoms with Crippen molar-refractivity contribution in [1.82, 2.24) is 4.98 Å². The predicted molar refractivity (Wildman–Crippen MR) is 61.3 cm³/mol. The number of nitrogen functional groups attached to an aromatic ring is 1. The van der Waals surface area contributed by atoms with E-state index in [9.17, 15) is 0 Å². The van der Waals surface area contributed by atoms with Crippen LogP contribution in [0.3, 0.4) is 0 Å². The number of aromatic nitrogens is 1. The van der Waals surface area contributed by atoms with Crippen molar-refractivity contribution < 1.29 is 4.74 Å². The minimum Gasteiger partial charge on any atom is -0.398 e. The number of rotatable bonds is 4. The van der Waals surface area contributed by atoms with Crippen molar-refractivity contribution in [2.75, 3.05) is 12.3 Å². The lowest BCUT2D eigenvalue weighted by molar-refractivity contribution is -0.0297. The molecular weight excluding hydrogens is 190 g/mol. The zero-order chi connectivity index (χ0) is 11.5. The third kappa shape index (κ3) is 2.67. The molecule has 0 amide bonds. The Morgan fingerprint density at radius 3 is 2.73 bits per heavy atom. The lowest BCUT2D eigenvalue weighted by atomic mass is 9.92. The van der Waals surface area contributed by atoms with Crippen LogP contribution < -0.4 is 11.5 Å². The number of hydrogen-bond acceptors (Lipinski definition) is 4. The largest absolute Gasteiger partial charge is 0.398 e. The number of anilines is 1. The predicted octanol–water partition coefficient (Wildman–Crippen LogP) is 1.48. The van der Waals surface area contributed by atoms with Gasteiger partial charge in [0.15, 0.2) is 0 Å². The highest BCUT2D eigenvalue weighted by atomic mass is 16.5. The lowest BCUT2D eigenvalue weighted by Gasteiger charge is -2.32. The first kappa shape index (κ1) is 11.9. The van der Waals surface area contributed by atoms with E-state index in [4.69, 9.17) is 16.2 Å². The zero-order valence-electron chi connectivity index (χ0n) is 9.53. The molecule has 0 spiro atoms. The minimum atomic E-state index is -0.439. The summed E-state index contributed by atoms with van der Waals surface area (Å²) in [6.45, 7) is 6.48. The number of ether oxygens (including phenoxy) is 1. The van der Waals surface area contributed by atoms with E-state index >= 15 is 0 Å². The van der Waals surface area contributed by atoms with Crippen molar-refractivity contribution in [2.45, 2.75) is 32.4 Å². The summed E-state index contributed by atoms with van der Waals surface area (Å²) >= 11 is 0. The van der Waals surface area contributed by atoms with Crippen molar-refractivity contribution in [2.24, 2.45) is 5.73 Å². The van der Waals surface area contributed by atoms with Gasteiger partial charge < -0.3 is 16.2 Å². The van der Waals surface area contributed by atoms with Crippen LogP contribution in [0, 0.1) is 0 Å². The smallest absolute Gasteiger partial charge is 0.0819 e. The van der Waals surface area contributed by atoms with Crippen LogP contribution in [0.5, 0.6) is 0 Å². The second-order valence-electron chi connectivity index (χ2n) is 4.02.